The Morgan fingerprint density at radius 3 is 2.80 bits per heavy atom. The summed E-state index contributed by atoms with van der Waals surface area (Å²) in [6.45, 7) is 3.06. The van der Waals surface area contributed by atoms with E-state index < -0.39 is 6.10 Å². The van der Waals surface area contributed by atoms with E-state index in [1.807, 2.05) is 31.2 Å². The number of hydrogen-bond acceptors (Lipinski definition) is 4. The Morgan fingerprint density at radius 2 is 2.15 bits per heavy atom. The molecule has 1 N–H and O–H groups in total. The number of nitrogens with zero attached hydrogens (tertiary/aromatic N) is 2. The Balaban J connectivity index is 1.79. The van der Waals surface area contributed by atoms with E-state index in [-0.39, 0.29) is 5.91 Å². The van der Waals surface area contributed by atoms with Gasteiger partial charge in [-0.3, -0.25) is 4.79 Å². The van der Waals surface area contributed by atoms with Crippen molar-refractivity contribution in [2.24, 2.45) is 0 Å². The Kier molecular flexibility index (Phi) is 3.54. The molecule has 2 aromatic rings. The van der Waals surface area contributed by atoms with Gasteiger partial charge in [-0.25, -0.2) is 4.98 Å². The molecule has 0 bridgehead atoms. The third-order valence-corrected chi connectivity index (χ3v) is 4.36. The lowest BCUT2D eigenvalue weighted by atomic mass is 10.2. The Morgan fingerprint density at radius 1 is 1.40 bits per heavy atom. The average Bonchev–Trinajstić information content (AvgIpc) is 3.08. The third-order valence-electron chi connectivity index (χ3n) is 3.47. The number of benzene rings is 1. The topological polar surface area (TPSA) is 53.4 Å². The number of thiazole rings is 1. The molecule has 2 heterocycles. The molecule has 1 aliphatic heterocycles. The lowest BCUT2D eigenvalue weighted by Crippen LogP contribution is -2.29. The van der Waals surface area contributed by atoms with Crippen molar-refractivity contribution in [3.8, 4) is 10.6 Å². The van der Waals surface area contributed by atoms with Crippen LogP contribution in [0.1, 0.15) is 22.5 Å². The summed E-state index contributed by atoms with van der Waals surface area (Å²) in [7, 11) is 0. The van der Waals surface area contributed by atoms with Crippen LogP contribution in [-0.2, 0) is 0 Å². The minimum absolute atomic E-state index is 0.0869. The summed E-state index contributed by atoms with van der Waals surface area (Å²) >= 11 is 1.48. The summed E-state index contributed by atoms with van der Waals surface area (Å²) in [4.78, 5) is 18.3. The molecule has 20 heavy (non-hydrogen) atoms. The second-order valence-corrected chi connectivity index (χ2v) is 5.96. The number of β-amino-alcohol motifs (C(OH)–C–C–N with tert-alkyl or cyclic N) is 1. The maximum atomic E-state index is 12.3. The van der Waals surface area contributed by atoms with Crippen molar-refractivity contribution in [1.29, 1.82) is 0 Å². The first-order chi connectivity index (χ1) is 9.63. The van der Waals surface area contributed by atoms with Crippen molar-refractivity contribution in [1.82, 2.24) is 9.88 Å². The zero-order valence-corrected chi connectivity index (χ0v) is 12.1. The first kappa shape index (κ1) is 13.3. The minimum Gasteiger partial charge on any atom is -0.391 e. The van der Waals surface area contributed by atoms with Gasteiger partial charge in [-0.2, -0.15) is 0 Å². The maximum absolute atomic E-state index is 12.3. The fourth-order valence-corrected chi connectivity index (χ4v) is 3.09. The molecular weight excluding hydrogens is 272 g/mol. The van der Waals surface area contributed by atoms with E-state index in [9.17, 15) is 9.90 Å². The van der Waals surface area contributed by atoms with E-state index in [2.05, 4.69) is 4.98 Å². The van der Waals surface area contributed by atoms with Crippen molar-refractivity contribution in [2.75, 3.05) is 13.1 Å². The predicted molar refractivity (Wildman–Crippen MR) is 78.8 cm³/mol. The molecule has 0 spiro atoms. The van der Waals surface area contributed by atoms with Crippen molar-refractivity contribution in [3.63, 3.8) is 0 Å². The summed E-state index contributed by atoms with van der Waals surface area (Å²) in [5.74, 6) is -0.0869. The quantitative estimate of drug-likeness (QED) is 0.922. The van der Waals surface area contributed by atoms with Crippen LogP contribution in [0.25, 0.3) is 10.6 Å². The fourth-order valence-electron chi connectivity index (χ4n) is 2.29. The van der Waals surface area contributed by atoms with Crippen LogP contribution in [0, 0.1) is 6.92 Å². The fraction of sp³-hybridized carbons (Fsp3) is 0.333. The number of amides is 1. The molecule has 1 aromatic carbocycles. The van der Waals surface area contributed by atoms with Crippen molar-refractivity contribution in [2.45, 2.75) is 19.4 Å². The van der Waals surface area contributed by atoms with Crippen LogP contribution >= 0.6 is 11.3 Å². The molecule has 3 rings (SSSR count). The molecule has 1 amide bonds. The van der Waals surface area contributed by atoms with Crippen molar-refractivity contribution < 1.29 is 9.90 Å². The molecule has 1 aromatic heterocycles. The SMILES string of the molecule is Cc1ccc(-c2nc(C(=O)N3CC[C@H](O)C3)cs2)cc1. The molecule has 0 saturated carbocycles. The number of aromatic nitrogens is 1. The largest absolute Gasteiger partial charge is 0.391 e. The van der Waals surface area contributed by atoms with Gasteiger partial charge in [0.2, 0.25) is 0 Å². The zero-order valence-electron chi connectivity index (χ0n) is 11.2. The molecule has 1 fully saturated rings. The molecule has 1 aliphatic rings. The van der Waals surface area contributed by atoms with Gasteiger partial charge in [0.25, 0.3) is 5.91 Å². The first-order valence-corrected chi connectivity index (χ1v) is 7.51. The number of likely N-dealkylation sites (tertiary alicyclic amines) is 1. The highest BCUT2D eigenvalue weighted by atomic mass is 32.1. The molecule has 0 unspecified atom stereocenters. The smallest absolute Gasteiger partial charge is 0.273 e. The first-order valence-electron chi connectivity index (χ1n) is 6.63. The molecule has 5 heteroatoms. The molecule has 104 valence electrons. The van der Waals surface area contributed by atoms with Crippen molar-refractivity contribution >= 4 is 17.2 Å². The number of aliphatic hydroxyl groups is 1. The van der Waals surface area contributed by atoms with Crippen molar-refractivity contribution in [3.05, 3.63) is 40.9 Å². The highest BCUT2D eigenvalue weighted by Gasteiger charge is 2.26. The van der Waals surface area contributed by atoms with Gasteiger partial charge in [-0.05, 0) is 13.3 Å². The predicted octanol–water partition coefficient (Wildman–Crippen LogP) is 2.33. The summed E-state index contributed by atoms with van der Waals surface area (Å²) in [6.07, 6.45) is 0.259. The van der Waals surface area contributed by atoms with Crippen LogP contribution in [-0.4, -0.2) is 40.1 Å². The zero-order chi connectivity index (χ0) is 14.1. The number of aliphatic hydroxyl groups excluding tert-OH is 1. The van der Waals surface area contributed by atoms with Gasteiger partial charge < -0.3 is 10.0 Å². The van der Waals surface area contributed by atoms with E-state index in [1.54, 1.807) is 10.3 Å². The number of aryl methyl sites for hydroxylation is 1. The summed E-state index contributed by atoms with van der Waals surface area (Å²) in [5.41, 5.74) is 2.70. The lowest BCUT2D eigenvalue weighted by Gasteiger charge is -2.13. The molecule has 1 atom stereocenters. The van der Waals surface area contributed by atoms with Crippen LogP contribution < -0.4 is 0 Å². The second-order valence-electron chi connectivity index (χ2n) is 5.10. The normalized spacial score (nSPS) is 18.5. The number of rotatable bonds is 2. The van der Waals surface area contributed by atoms with Gasteiger partial charge in [0.1, 0.15) is 10.7 Å². The van der Waals surface area contributed by atoms with Crippen LogP contribution in [0.15, 0.2) is 29.6 Å². The molecule has 4 nitrogen and oxygen atoms in total. The molecule has 0 radical (unpaired) electrons. The van der Waals surface area contributed by atoms with Gasteiger partial charge in [0, 0.05) is 24.0 Å². The lowest BCUT2D eigenvalue weighted by molar-refractivity contribution is 0.0760. The minimum atomic E-state index is -0.394. The molecular formula is C15H16N2O2S. The van der Waals surface area contributed by atoms with Gasteiger partial charge >= 0.3 is 0 Å². The number of carbonyl (C=O) groups excluding carboxylic acids is 1. The van der Waals surface area contributed by atoms with Gasteiger partial charge in [0.15, 0.2) is 0 Å². The van der Waals surface area contributed by atoms with Gasteiger partial charge in [0.05, 0.1) is 6.10 Å². The highest BCUT2D eigenvalue weighted by Crippen LogP contribution is 2.25. The van der Waals surface area contributed by atoms with Crippen LogP contribution in [0.2, 0.25) is 0 Å². The standard InChI is InChI=1S/C15H16N2O2S/c1-10-2-4-11(5-3-10)14-16-13(9-20-14)15(19)17-7-6-12(18)8-17/h2-5,9,12,18H,6-8H2,1H3/t12-/m0/s1. The Hall–Kier alpha value is -1.72. The molecule has 1 saturated heterocycles. The number of hydrogen-bond donors (Lipinski definition) is 1. The van der Waals surface area contributed by atoms with Crippen LogP contribution in [0.5, 0.6) is 0 Å². The van der Waals surface area contributed by atoms with Crippen LogP contribution in [0.3, 0.4) is 0 Å². The van der Waals surface area contributed by atoms with E-state index in [0.717, 1.165) is 10.6 Å². The second kappa shape index (κ2) is 5.34. The summed E-state index contributed by atoms with van der Waals surface area (Å²) < 4.78 is 0. The summed E-state index contributed by atoms with van der Waals surface area (Å²) in [5, 5.41) is 12.1. The third kappa shape index (κ3) is 2.59. The van der Waals surface area contributed by atoms with Gasteiger partial charge in [-0.1, -0.05) is 29.8 Å². The average molecular weight is 288 g/mol. The van der Waals surface area contributed by atoms with E-state index in [0.29, 0.717) is 25.2 Å². The van der Waals surface area contributed by atoms with Crippen LogP contribution in [0.4, 0.5) is 0 Å². The monoisotopic (exact) mass is 288 g/mol. The molecule has 0 aliphatic carbocycles. The Labute approximate surface area is 121 Å². The Bertz CT molecular complexity index is 621. The maximum Gasteiger partial charge on any atom is 0.273 e. The van der Waals surface area contributed by atoms with Gasteiger partial charge in [-0.15, -0.1) is 11.3 Å². The highest BCUT2D eigenvalue weighted by molar-refractivity contribution is 7.13. The summed E-state index contributed by atoms with van der Waals surface area (Å²) in [6, 6.07) is 8.11. The van der Waals surface area contributed by atoms with E-state index >= 15 is 0 Å². The van der Waals surface area contributed by atoms with E-state index in [4.69, 9.17) is 0 Å². The number of carbonyl (C=O) groups is 1. The van der Waals surface area contributed by atoms with E-state index in [1.165, 1.54) is 16.9 Å².